The maximum atomic E-state index is 13.4. The lowest BCUT2D eigenvalue weighted by Crippen LogP contribution is -2.55. The van der Waals surface area contributed by atoms with E-state index >= 15 is 0 Å². The zero-order valence-corrected chi connectivity index (χ0v) is 27.8. The van der Waals surface area contributed by atoms with Gasteiger partial charge >= 0.3 is 11.9 Å². The highest BCUT2D eigenvalue weighted by Gasteiger charge is 2.47. The molecule has 5 N–H and O–H groups in total. The Kier molecular flexibility index (Phi) is 21.1. The van der Waals surface area contributed by atoms with Crippen LogP contribution in [0.5, 0.6) is 5.75 Å². The second kappa shape index (κ2) is 23.9. The molecule has 0 saturated heterocycles. The highest BCUT2D eigenvalue weighted by molar-refractivity contribution is 5.92. The Bertz CT molecular complexity index is 1110. The number of carbonyl (C=O) groups is 3. The van der Waals surface area contributed by atoms with Gasteiger partial charge in [0.2, 0.25) is 5.91 Å². The molecule has 1 aromatic carbocycles. The van der Waals surface area contributed by atoms with Crippen LogP contribution in [0.4, 0.5) is 0 Å². The highest BCUT2D eigenvalue weighted by atomic mass is 16.5. The summed E-state index contributed by atoms with van der Waals surface area (Å²) >= 11 is 0. The Labute approximate surface area is 274 Å². The van der Waals surface area contributed by atoms with Crippen LogP contribution >= 0.6 is 0 Å². The van der Waals surface area contributed by atoms with Gasteiger partial charge in [-0.3, -0.25) is 4.79 Å². The minimum absolute atomic E-state index is 0.0658. The number of rotatable bonds is 26. The topological polar surface area (TPSA) is 163 Å². The number of carboxylic acid groups (broad SMARTS) is 2. The van der Waals surface area contributed by atoms with E-state index in [1.807, 2.05) is 0 Å². The summed E-state index contributed by atoms with van der Waals surface area (Å²) in [6.45, 7) is 3.99. The number of hydrogen-bond acceptors (Lipinski definition) is 7. The Balaban J connectivity index is 2.80. The van der Waals surface area contributed by atoms with Crippen molar-refractivity contribution in [2.45, 2.75) is 121 Å². The first kappa shape index (κ1) is 40.6. The van der Waals surface area contributed by atoms with Gasteiger partial charge in [-0.25, -0.2) is 9.59 Å². The fourth-order valence-corrected chi connectivity index (χ4v) is 5.08. The minimum atomic E-state index is -2.51. The van der Waals surface area contributed by atoms with Crippen LogP contribution < -0.4 is 10.1 Å². The molecule has 0 fully saturated rings. The lowest BCUT2D eigenvalue weighted by molar-refractivity contribution is -0.168. The van der Waals surface area contributed by atoms with Gasteiger partial charge in [0.1, 0.15) is 18.4 Å². The Morgan fingerprint density at radius 3 is 2.17 bits per heavy atom. The molecule has 0 aliphatic rings. The van der Waals surface area contributed by atoms with Crippen LogP contribution in [-0.2, 0) is 25.5 Å². The molecular formula is C36H55NO9. The highest BCUT2D eigenvalue weighted by Crippen LogP contribution is 2.26. The second-order valence-corrected chi connectivity index (χ2v) is 11.7. The SMILES string of the molecule is CC#CCOc1ccc(C[C@H](NC(=O)[C@@H](C=CCCCCCCC(O)CCCCCCC)[C@@](O)(CCOC)C(=O)O)C(=O)O)cc1. The van der Waals surface area contributed by atoms with Gasteiger partial charge in [-0.2, -0.15) is 0 Å². The summed E-state index contributed by atoms with van der Waals surface area (Å²) in [5, 5.41) is 43.6. The molecule has 258 valence electrons. The first-order valence-corrected chi connectivity index (χ1v) is 16.5. The molecule has 0 spiro atoms. The van der Waals surface area contributed by atoms with Gasteiger partial charge in [-0.1, -0.05) is 88.5 Å². The number of allylic oxidation sites excluding steroid dienone is 1. The number of carbonyl (C=O) groups excluding carboxylic acids is 1. The molecule has 0 bridgehead atoms. The Morgan fingerprint density at radius 1 is 0.978 bits per heavy atom. The van der Waals surface area contributed by atoms with Gasteiger partial charge in [-0.05, 0) is 50.3 Å². The summed E-state index contributed by atoms with van der Waals surface area (Å²) in [6, 6.07) is 5.33. The molecule has 0 aliphatic heterocycles. The summed E-state index contributed by atoms with van der Waals surface area (Å²) in [5.74, 6) is 0.707. The van der Waals surface area contributed by atoms with Crippen molar-refractivity contribution >= 4 is 17.8 Å². The standard InChI is InChI=1S/C36H55NO9/c1-4-6-8-11-14-17-29(38)18-15-12-9-10-13-16-19-31(36(44,35(42)43)24-26-45-3)33(39)37-32(34(40)41)27-28-20-22-30(23-21-28)46-25-7-5-2/h16,19-23,29,31-32,38,44H,4,6,8-15,17-18,24-27H2,1-3H3,(H,37,39)(H,40,41)(H,42,43)/t29?,31-,32+,36+/m1/s1. The number of nitrogens with one attached hydrogen (secondary N) is 1. The zero-order chi connectivity index (χ0) is 34.2. The van der Waals surface area contributed by atoms with Crippen LogP contribution in [0.3, 0.4) is 0 Å². The molecule has 46 heavy (non-hydrogen) atoms. The van der Waals surface area contributed by atoms with Crippen molar-refractivity contribution in [3.05, 3.63) is 42.0 Å². The van der Waals surface area contributed by atoms with Gasteiger partial charge in [0.25, 0.3) is 0 Å². The predicted molar refractivity (Wildman–Crippen MR) is 177 cm³/mol. The molecule has 10 nitrogen and oxygen atoms in total. The van der Waals surface area contributed by atoms with Crippen LogP contribution in [0, 0.1) is 17.8 Å². The summed E-state index contributed by atoms with van der Waals surface area (Å²) < 4.78 is 10.5. The summed E-state index contributed by atoms with van der Waals surface area (Å²) in [5.41, 5.74) is -1.90. The molecule has 4 atom stereocenters. The normalized spacial score (nSPS) is 14.5. The third-order valence-electron chi connectivity index (χ3n) is 7.95. The number of aliphatic hydroxyl groups is 2. The minimum Gasteiger partial charge on any atom is -0.481 e. The van der Waals surface area contributed by atoms with Gasteiger partial charge in [0.05, 0.1) is 12.0 Å². The van der Waals surface area contributed by atoms with Gasteiger partial charge in [0, 0.05) is 26.6 Å². The van der Waals surface area contributed by atoms with Gasteiger partial charge in [0.15, 0.2) is 5.60 Å². The number of aliphatic carboxylic acids is 2. The first-order valence-electron chi connectivity index (χ1n) is 16.5. The maximum absolute atomic E-state index is 13.4. The Morgan fingerprint density at radius 2 is 1.61 bits per heavy atom. The molecule has 0 aliphatic carbocycles. The average Bonchev–Trinajstić information content (AvgIpc) is 3.03. The second-order valence-electron chi connectivity index (χ2n) is 11.7. The monoisotopic (exact) mass is 645 g/mol. The van der Waals surface area contributed by atoms with Crippen molar-refractivity contribution in [2.24, 2.45) is 5.92 Å². The average molecular weight is 646 g/mol. The summed E-state index contributed by atoms with van der Waals surface area (Å²) in [4.78, 5) is 37.7. The lowest BCUT2D eigenvalue weighted by Gasteiger charge is -2.30. The van der Waals surface area contributed by atoms with E-state index in [4.69, 9.17) is 9.47 Å². The number of hydrogen-bond donors (Lipinski definition) is 5. The number of benzene rings is 1. The van der Waals surface area contributed by atoms with E-state index in [0.717, 1.165) is 51.4 Å². The third kappa shape index (κ3) is 16.3. The largest absolute Gasteiger partial charge is 0.481 e. The molecule has 10 heteroatoms. The molecular weight excluding hydrogens is 590 g/mol. The van der Waals surface area contributed by atoms with E-state index < -0.39 is 35.4 Å². The van der Waals surface area contributed by atoms with Crippen molar-refractivity contribution in [1.82, 2.24) is 5.32 Å². The molecule has 1 rings (SSSR count). The van der Waals surface area contributed by atoms with E-state index in [1.165, 1.54) is 32.4 Å². The predicted octanol–water partition coefficient (Wildman–Crippen LogP) is 5.29. The number of methoxy groups -OCH3 is 1. The van der Waals surface area contributed by atoms with Crippen LogP contribution in [0.15, 0.2) is 36.4 Å². The fourth-order valence-electron chi connectivity index (χ4n) is 5.08. The van der Waals surface area contributed by atoms with E-state index in [2.05, 4.69) is 24.1 Å². The fraction of sp³-hybridized carbons (Fsp3) is 0.639. The van der Waals surface area contributed by atoms with Crippen molar-refractivity contribution < 1.29 is 44.3 Å². The van der Waals surface area contributed by atoms with Crippen LogP contribution in [0.2, 0.25) is 0 Å². The van der Waals surface area contributed by atoms with E-state index in [-0.39, 0.29) is 32.2 Å². The van der Waals surface area contributed by atoms with Crippen molar-refractivity contribution in [3.63, 3.8) is 0 Å². The molecule has 0 radical (unpaired) electrons. The van der Waals surface area contributed by atoms with Crippen LogP contribution in [0.1, 0.15) is 103 Å². The van der Waals surface area contributed by atoms with E-state index in [0.29, 0.717) is 17.7 Å². The zero-order valence-electron chi connectivity index (χ0n) is 27.8. The van der Waals surface area contributed by atoms with E-state index in [9.17, 15) is 34.8 Å². The summed E-state index contributed by atoms with van der Waals surface area (Å²) in [7, 11) is 1.35. The summed E-state index contributed by atoms with van der Waals surface area (Å²) in [6.07, 6.45) is 13.9. The van der Waals surface area contributed by atoms with Gasteiger partial charge in [-0.15, -0.1) is 5.92 Å². The Hall–Kier alpha value is -3.39. The van der Waals surface area contributed by atoms with Crippen LogP contribution in [0.25, 0.3) is 0 Å². The van der Waals surface area contributed by atoms with Crippen molar-refractivity contribution in [2.75, 3.05) is 20.3 Å². The number of unbranched alkanes of at least 4 members (excludes halogenated alkanes) is 8. The number of carboxylic acids is 2. The molecule has 0 saturated carbocycles. The lowest BCUT2D eigenvalue weighted by atomic mass is 9.83. The van der Waals surface area contributed by atoms with Crippen molar-refractivity contribution in [1.29, 1.82) is 0 Å². The van der Waals surface area contributed by atoms with E-state index in [1.54, 1.807) is 37.3 Å². The molecule has 1 unspecified atom stereocenters. The first-order chi connectivity index (χ1) is 22.1. The number of aliphatic hydroxyl groups excluding tert-OH is 1. The van der Waals surface area contributed by atoms with Crippen molar-refractivity contribution in [3.8, 4) is 17.6 Å². The van der Waals surface area contributed by atoms with Crippen LogP contribution in [-0.4, -0.2) is 76.3 Å². The molecule has 0 aromatic heterocycles. The molecule has 1 aromatic rings. The quantitative estimate of drug-likeness (QED) is 0.0512. The van der Waals surface area contributed by atoms with Gasteiger partial charge < -0.3 is 35.2 Å². The molecule has 0 heterocycles. The smallest absolute Gasteiger partial charge is 0.336 e. The number of ether oxygens (including phenoxy) is 2. The number of amides is 1. The molecule has 1 amide bonds. The third-order valence-corrected chi connectivity index (χ3v) is 7.95. The maximum Gasteiger partial charge on any atom is 0.336 e.